The van der Waals surface area contributed by atoms with Crippen LogP contribution in [-0.4, -0.2) is 33.1 Å². The number of fused-ring (bicyclic) bond motifs is 1. The van der Waals surface area contributed by atoms with E-state index in [0.717, 1.165) is 26.2 Å². The molecule has 4 nitrogen and oxygen atoms in total. The van der Waals surface area contributed by atoms with Crippen molar-refractivity contribution in [3.63, 3.8) is 0 Å². The van der Waals surface area contributed by atoms with Crippen molar-refractivity contribution in [1.82, 2.24) is 14.5 Å². The van der Waals surface area contributed by atoms with E-state index >= 15 is 0 Å². The van der Waals surface area contributed by atoms with Gasteiger partial charge in [0, 0.05) is 37.6 Å². The van der Waals surface area contributed by atoms with E-state index < -0.39 is 0 Å². The van der Waals surface area contributed by atoms with Crippen LogP contribution in [0.25, 0.3) is 0 Å². The van der Waals surface area contributed by atoms with E-state index in [0.29, 0.717) is 0 Å². The Labute approximate surface area is 96.4 Å². The Kier molecular flexibility index (Phi) is 2.48. The van der Waals surface area contributed by atoms with Crippen molar-refractivity contribution in [1.29, 1.82) is 0 Å². The molecule has 4 heteroatoms. The van der Waals surface area contributed by atoms with E-state index in [1.165, 1.54) is 31.5 Å². The molecule has 0 bridgehead atoms. The molecule has 88 valence electrons. The molecule has 1 aliphatic carbocycles. The Morgan fingerprint density at radius 2 is 2.12 bits per heavy atom. The van der Waals surface area contributed by atoms with Gasteiger partial charge >= 0.3 is 0 Å². The van der Waals surface area contributed by atoms with Crippen LogP contribution in [0.2, 0.25) is 0 Å². The second kappa shape index (κ2) is 3.86. The number of nitrogens with zero attached hydrogens (tertiary/aromatic N) is 3. The topological polar surface area (TPSA) is 47.1 Å². The molecule has 16 heavy (non-hydrogen) atoms. The van der Waals surface area contributed by atoms with Crippen molar-refractivity contribution in [2.45, 2.75) is 44.3 Å². The molecule has 0 saturated heterocycles. The van der Waals surface area contributed by atoms with Crippen LogP contribution in [0.1, 0.15) is 31.5 Å². The number of imidazole rings is 1. The summed E-state index contributed by atoms with van der Waals surface area (Å²) in [6.07, 6.45) is 8.96. The normalized spacial score (nSPS) is 24.6. The van der Waals surface area contributed by atoms with Gasteiger partial charge in [-0.2, -0.15) is 0 Å². The first-order valence-corrected chi connectivity index (χ1v) is 6.26. The first-order valence-electron chi connectivity index (χ1n) is 6.26. The fraction of sp³-hybridized carbons (Fsp3) is 0.750. The maximum Gasteiger partial charge on any atom is 0.122 e. The van der Waals surface area contributed by atoms with Crippen molar-refractivity contribution in [3.05, 3.63) is 18.2 Å². The first-order chi connectivity index (χ1) is 7.75. The van der Waals surface area contributed by atoms with Gasteiger partial charge in [0.15, 0.2) is 0 Å². The summed E-state index contributed by atoms with van der Waals surface area (Å²) in [6.45, 7) is 4.18. The summed E-state index contributed by atoms with van der Waals surface area (Å²) in [5.74, 6) is 1.19. The van der Waals surface area contributed by atoms with Gasteiger partial charge in [0.05, 0.1) is 6.54 Å². The van der Waals surface area contributed by atoms with Crippen molar-refractivity contribution >= 4 is 0 Å². The molecule has 0 radical (unpaired) electrons. The summed E-state index contributed by atoms with van der Waals surface area (Å²) in [6, 6.07) is 0. The molecule has 0 unspecified atom stereocenters. The van der Waals surface area contributed by atoms with Gasteiger partial charge in [-0.1, -0.05) is 12.8 Å². The highest BCUT2D eigenvalue weighted by Crippen LogP contribution is 2.28. The lowest BCUT2D eigenvalue weighted by molar-refractivity contribution is 0.169. The summed E-state index contributed by atoms with van der Waals surface area (Å²) in [7, 11) is 0. The Hall–Kier alpha value is -0.870. The van der Waals surface area contributed by atoms with Gasteiger partial charge in [0.2, 0.25) is 0 Å². The van der Waals surface area contributed by atoms with Crippen LogP contribution in [0.3, 0.4) is 0 Å². The Morgan fingerprint density at radius 1 is 1.31 bits per heavy atom. The lowest BCUT2D eigenvalue weighted by atomic mass is 9.98. The van der Waals surface area contributed by atoms with E-state index in [9.17, 15) is 0 Å². The third-order valence-corrected chi connectivity index (χ3v) is 3.96. The molecule has 2 heterocycles. The highest BCUT2D eigenvalue weighted by molar-refractivity contribution is 4.98. The van der Waals surface area contributed by atoms with E-state index in [1.54, 1.807) is 0 Å². The Morgan fingerprint density at radius 3 is 2.94 bits per heavy atom. The predicted octanol–water partition coefficient (Wildman–Crippen LogP) is 0.970. The Bertz CT molecular complexity index is 365. The molecule has 0 aromatic carbocycles. The zero-order valence-corrected chi connectivity index (χ0v) is 9.73. The highest BCUT2D eigenvalue weighted by Gasteiger charge is 2.32. The smallest absolute Gasteiger partial charge is 0.122 e. The largest absolute Gasteiger partial charge is 0.333 e. The van der Waals surface area contributed by atoms with Crippen LogP contribution in [0.4, 0.5) is 0 Å². The fourth-order valence-corrected chi connectivity index (χ4v) is 3.04. The van der Waals surface area contributed by atoms with Gasteiger partial charge in [-0.05, 0) is 12.8 Å². The summed E-state index contributed by atoms with van der Waals surface area (Å²) < 4.78 is 2.24. The quantitative estimate of drug-likeness (QED) is 0.808. The standard InChI is InChI=1S/C12H20N4/c13-12(3-1-2-4-12)10-15-7-8-16-6-5-14-11(16)9-15/h5-6H,1-4,7-10,13H2. The highest BCUT2D eigenvalue weighted by atomic mass is 15.2. The van der Waals surface area contributed by atoms with Gasteiger partial charge in [0.1, 0.15) is 5.82 Å². The molecule has 3 rings (SSSR count). The Balaban J connectivity index is 1.65. The van der Waals surface area contributed by atoms with Gasteiger partial charge in [-0.15, -0.1) is 0 Å². The number of aromatic nitrogens is 2. The third kappa shape index (κ3) is 1.87. The molecule has 0 spiro atoms. The minimum Gasteiger partial charge on any atom is -0.333 e. The van der Waals surface area contributed by atoms with Crippen molar-refractivity contribution in [2.24, 2.45) is 5.73 Å². The van der Waals surface area contributed by atoms with Gasteiger partial charge in [0.25, 0.3) is 0 Å². The maximum absolute atomic E-state index is 6.42. The predicted molar refractivity (Wildman–Crippen MR) is 62.9 cm³/mol. The second-order valence-corrected chi connectivity index (χ2v) is 5.32. The minimum atomic E-state index is 0.0781. The number of hydrogen-bond donors (Lipinski definition) is 1. The zero-order chi connectivity index (χ0) is 11.0. The molecular formula is C12H20N4. The van der Waals surface area contributed by atoms with Crippen molar-refractivity contribution < 1.29 is 0 Å². The maximum atomic E-state index is 6.42. The summed E-state index contributed by atoms with van der Waals surface area (Å²) in [5.41, 5.74) is 6.49. The lowest BCUT2D eigenvalue weighted by Crippen LogP contribution is -2.49. The second-order valence-electron chi connectivity index (χ2n) is 5.32. The summed E-state index contributed by atoms with van der Waals surface area (Å²) >= 11 is 0. The SMILES string of the molecule is NC1(CN2CCn3ccnc3C2)CCCC1. The monoisotopic (exact) mass is 220 g/mol. The van der Waals surface area contributed by atoms with Crippen LogP contribution in [0.5, 0.6) is 0 Å². The summed E-state index contributed by atoms with van der Waals surface area (Å²) in [4.78, 5) is 6.85. The van der Waals surface area contributed by atoms with Gasteiger partial charge in [-0.25, -0.2) is 4.98 Å². The molecule has 1 aliphatic heterocycles. The van der Waals surface area contributed by atoms with E-state index in [1.807, 2.05) is 6.20 Å². The molecule has 0 amide bonds. The van der Waals surface area contributed by atoms with Crippen molar-refractivity contribution in [2.75, 3.05) is 13.1 Å². The first kappa shape index (κ1) is 10.3. The minimum absolute atomic E-state index is 0.0781. The van der Waals surface area contributed by atoms with Gasteiger partial charge < -0.3 is 10.3 Å². The number of nitrogens with two attached hydrogens (primary N) is 1. The molecule has 1 fully saturated rings. The molecular weight excluding hydrogens is 200 g/mol. The van der Waals surface area contributed by atoms with Crippen LogP contribution >= 0.6 is 0 Å². The average molecular weight is 220 g/mol. The molecule has 2 aliphatic rings. The van der Waals surface area contributed by atoms with E-state index in [2.05, 4.69) is 20.6 Å². The lowest BCUT2D eigenvalue weighted by Gasteiger charge is -2.34. The van der Waals surface area contributed by atoms with E-state index in [4.69, 9.17) is 5.73 Å². The number of hydrogen-bond acceptors (Lipinski definition) is 3. The summed E-state index contributed by atoms with van der Waals surface area (Å²) in [5, 5.41) is 0. The molecule has 1 aromatic heterocycles. The van der Waals surface area contributed by atoms with Crippen LogP contribution in [-0.2, 0) is 13.1 Å². The van der Waals surface area contributed by atoms with Gasteiger partial charge in [-0.3, -0.25) is 4.90 Å². The fourth-order valence-electron chi connectivity index (χ4n) is 3.04. The zero-order valence-electron chi connectivity index (χ0n) is 9.73. The average Bonchev–Trinajstić information content (AvgIpc) is 2.86. The van der Waals surface area contributed by atoms with Crippen molar-refractivity contribution in [3.8, 4) is 0 Å². The molecule has 1 saturated carbocycles. The van der Waals surface area contributed by atoms with E-state index in [-0.39, 0.29) is 5.54 Å². The van der Waals surface area contributed by atoms with Crippen LogP contribution < -0.4 is 5.73 Å². The number of rotatable bonds is 2. The van der Waals surface area contributed by atoms with Crippen LogP contribution in [0, 0.1) is 0 Å². The molecule has 1 aromatic rings. The molecule has 2 N–H and O–H groups in total. The van der Waals surface area contributed by atoms with Crippen LogP contribution in [0.15, 0.2) is 12.4 Å². The third-order valence-electron chi connectivity index (χ3n) is 3.96. The molecule has 0 atom stereocenters.